The summed E-state index contributed by atoms with van der Waals surface area (Å²) in [6.07, 6.45) is 0. The number of nitrogens with one attached hydrogen (secondary N) is 2. The first-order valence-electron chi connectivity index (χ1n) is 8.62. The van der Waals surface area contributed by atoms with Gasteiger partial charge in [-0.2, -0.15) is 0 Å². The summed E-state index contributed by atoms with van der Waals surface area (Å²) in [5.41, 5.74) is 5.50. The first kappa shape index (κ1) is 15.1. The Morgan fingerprint density at radius 2 is 1.81 bits per heavy atom. The topological polar surface area (TPSA) is 76.3 Å². The lowest BCUT2D eigenvalue weighted by atomic mass is 10.0. The number of aryl methyl sites for hydroxylation is 2. The number of hydrogen-bond donors (Lipinski definition) is 2. The van der Waals surface area contributed by atoms with Crippen LogP contribution in [0.2, 0.25) is 0 Å². The highest BCUT2D eigenvalue weighted by molar-refractivity contribution is 6.15. The molecule has 0 spiro atoms. The number of fused-ring (bicyclic) bond motifs is 5. The molecule has 4 aromatic rings. The molecule has 3 heterocycles. The van der Waals surface area contributed by atoms with Gasteiger partial charge in [0.1, 0.15) is 5.69 Å². The number of carbonyl (C=O) groups is 1. The van der Waals surface area contributed by atoms with Gasteiger partial charge >= 0.3 is 5.97 Å². The van der Waals surface area contributed by atoms with Crippen molar-refractivity contribution in [1.82, 2.24) is 9.97 Å². The number of benzene rings is 2. The lowest BCUT2D eigenvalue weighted by molar-refractivity contribution is 0.0519. The summed E-state index contributed by atoms with van der Waals surface area (Å²) in [6.45, 7) is 6.42. The average Bonchev–Trinajstić information content (AvgIpc) is 3.29. The number of esters is 1. The van der Waals surface area contributed by atoms with E-state index in [1.54, 1.807) is 6.92 Å². The zero-order valence-corrected chi connectivity index (χ0v) is 14.8. The van der Waals surface area contributed by atoms with Crippen LogP contribution >= 0.6 is 0 Å². The van der Waals surface area contributed by atoms with Crippen molar-refractivity contribution in [2.75, 3.05) is 13.4 Å². The van der Waals surface area contributed by atoms with Crippen LogP contribution in [-0.2, 0) is 4.74 Å². The van der Waals surface area contributed by atoms with Gasteiger partial charge < -0.3 is 24.2 Å². The molecule has 0 bridgehead atoms. The van der Waals surface area contributed by atoms with Gasteiger partial charge in [0.2, 0.25) is 6.79 Å². The molecule has 1 aliphatic rings. The van der Waals surface area contributed by atoms with E-state index in [2.05, 4.69) is 23.0 Å². The molecule has 0 atom stereocenters. The predicted molar refractivity (Wildman–Crippen MR) is 99.2 cm³/mol. The van der Waals surface area contributed by atoms with Crippen LogP contribution in [0.25, 0.3) is 32.7 Å². The number of hydrogen-bond acceptors (Lipinski definition) is 4. The van der Waals surface area contributed by atoms with Crippen LogP contribution in [0.5, 0.6) is 11.5 Å². The van der Waals surface area contributed by atoms with Crippen molar-refractivity contribution in [2.45, 2.75) is 20.8 Å². The van der Waals surface area contributed by atoms with E-state index in [0.29, 0.717) is 12.3 Å². The molecule has 5 rings (SSSR count). The summed E-state index contributed by atoms with van der Waals surface area (Å²) in [5, 5.41) is 3.20. The molecule has 2 aromatic heterocycles. The molecule has 2 N–H and O–H groups in total. The molecule has 0 amide bonds. The Hall–Kier alpha value is -3.15. The van der Waals surface area contributed by atoms with E-state index in [-0.39, 0.29) is 12.8 Å². The van der Waals surface area contributed by atoms with E-state index in [0.717, 1.165) is 55.3 Å². The van der Waals surface area contributed by atoms with Gasteiger partial charge in [0.05, 0.1) is 17.6 Å². The van der Waals surface area contributed by atoms with Crippen molar-refractivity contribution < 1.29 is 19.0 Å². The van der Waals surface area contributed by atoms with Gasteiger partial charge in [0.25, 0.3) is 0 Å². The van der Waals surface area contributed by atoms with Crippen LogP contribution in [0.4, 0.5) is 0 Å². The molecule has 0 saturated heterocycles. The van der Waals surface area contributed by atoms with E-state index in [1.165, 1.54) is 0 Å². The fourth-order valence-corrected chi connectivity index (χ4v) is 3.94. The Morgan fingerprint density at radius 3 is 2.58 bits per heavy atom. The third-order valence-corrected chi connectivity index (χ3v) is 5.13. The maximum absolute atomic E-state index is 12.2. The highest BCUT2D eigenvalue weighted by Gasteiger charge is 2.21. The fraction of sp³-hybridized carbons (Fsp3) is 0.250. The Labute approximate surface area is 149 Å². The Balaban J connectivity index is 1.82. The van der Waals surface area contributed by atoms with Gasteiger partial charge in [-0.1, -0.05) is 0 Å². The molecular weight excluding hydrogens is 332 g/mol. The number of aromatic nitrogens is 2. The number of aromatic amines is 2. The normalized spacial score (nSPS) is 13.2. The molecule has 0 aliphatic carbocycles. The van der Waals surface area contributed by atoms with Crippen LogP contribution in [0, 0.1) is 13.8 Å². The fourth-order valence-electron chi connectivity index (χ4n) is 3.94. The quantitative estimate of drug-likeness (QED) is 0.528. The van der Waals surface area contributed by atoms with Crippen LogP contribution in [0.1, 0.15) is 28.5 Å². The summed E-state index contributed by atoms with van der Waals surface area (Å²) in [4.78, 5) is 19.0. The zero-order chi connectivity index (χ0) is 18.0. The van der Waals surface area contributed by atoms with Crippen LogP contribution in [0.3, 0.4) is 0 Å². The van der Waals surface area contributed by atoms with Gasteiger partial charge in [-0.3, -0.25) is 0 Å². The minimum atomic E-state index is -0.322. The zero-order valence-electron chi connectivity index (χ0n) is 14.8. The minimum absolute atomic E-state index is 0.252. The van der Waals surface area contributed by atoms with Crippen LogP contribution < -0.4 is 9.47 Å². The van der Waals surface area contributed by atoms with Gasteiger partial charge in [0, 0.05) is 27.7 Å². The molecule has 132 valence electrons. The van der Waals surface area contributed by atoms with Crippen molar-refractivity contribution >= 4 is 38.7 Å². The molecular formula is C20H18N2O4. The highest BCUT2D eigenvalue weighted by atomic mass is 16.7. The lowest BCUT2D eigenvalue weighted by Crippen LogP contribution is -2.06. The van der Waals surface area contributed by atoms with Gasteiger partial charge in [-0.25, -0.2) is 4.79 Å². The van der Waals surface area contributed by atoms with Crippen molar-refractivity contribution in [1.29, 1.82) is 0 Å². The summed E-state index contributed by atoms with van der Waals surface area (Å²) in [5.74, 6) is 1.19. The monoisotopic (exact) mass is 350 g/mol. The number of H-pyrrole nitrogens is 2. The van der Waals surface area contributed by atoms with E-state index in [9.17, 15) is 4.79 Å². The summed E-state index contributed by atoms with van der Waals surface area (Å²) in [6, 6.07) is 6.06. The second kappa shape index (κ2) is 5.17. The summed E-state index contributed by atoms with van der Waals surface area (Å²) < 4.78 is 16.2. The molecule has 26 heavy (non-hydrogen) atoms. The Bertz CT molecular complexity index is 1220. The second-order valence-electron chi connectivity index (χ2n) is 6.57. The Kier molecular flexibility index (Phi) is 3.01. The highest BCUT2D eigenvalue weighted by Crippen LogP contribution is 2.41. The Morgan fingerprint density at radius 1 is 1.04 bits per heavy atom. The third kappa shape index (κ3) is 1.89. The maximum atomic E-state index is 12.2. The largest absolute Gasteiger partial charge is 0.461 e. The molecule has 0 saturated carbocycles. The van der Waals surface area contributed by atoms with E-state index in [1.807, 2.05) is 19.1 Å². The molecule has 0 unspecified atom stereocenters. The van der Waals surface area contributed by atoms with Crippen molar-refractivity contribution in [3.63, 3.8) is 0 Å². The molecule has 0 fully saturated rings. The van der Waals surface area contributed by atoms with Crippen LogP contribution in [-0.4, -0.2) is 29.3 Å². The van der Waals surface area contributed by atoms with E-state index >= 15 is 0 Å². The van der Waals surface area contributed by atoms with E-state index < -0.39 is 0 Å². The standard InChI is InChI=1S/C20H18N2O4/c1-4-24-20(23)19-10(3)17-9(2)18-12(5-14(17)22-19)11-6-15-16(26-8-25-15)7-13(11)21-18/h5-7,21-22H,4,8H2,1-3H3. The van der Waals surface area contributed by atoms with Gasteiger partial charge in [-0.15, -0.1) is 0 Å². The third-order valence-electron chi connectivity index (χ3n) is 5.13. The van der Waals surface area contributed by atoms with Crippen molar-refractivity contribution in [3.05, 3.63) is 35.0 Å². The molecule has 0 radical (unpaired) electrons. The first-order valence-corrected chi connectivity index (χ1v) is 8.62. The summed E-state index contributed by atoms with van der Waals surface area (Å²) >= 11 is 0. The predicted octanol–water partition coefficient (Wildman–Crippen LogP) is 4.32. The van der Waals surface area contributed by atoms with Crippen molar-refractivity contribution in [3.8, 4) is 11.5 Å². The summed E-state index contributed by atoms with van der Waals surface area (Å²) in [7, 11) is 0. The smallest absolute Gasteiger partial charge is 0.355 e. The maximum Gasteiger partial charge on any atom is 0.355 e. The van der Waals surface area contributed by atoms with Crippen molar-refractivity contribution in [2.24, 2.45) is 0 Å². The van der Waals surface area contributed by atoms with Gasteiger partial charge in [-0.05, 0) is 44.0 Å². The number of ether oxygens (including phenoxy) is 3. The molecule has 6 heteroatoms. The molecule has 2 aromatic carbocycles. The number of carbonyl (C=O) groups excluding carboxylic acids is 1. The first-order chi connectivity index (χ1) is 12.6. The van der Waals surface area contributed by atoms with E-state index in [4.69, 9.17) is 14.2 Å². The molecule has 6 nitrogen and oxygen atoms in total. The lowest BCUT2D eigenvalue weighted by Gasteiger charge is -2.02. The van der Waals surface area contributed by atoms with Crippen LogP contribution in [0.15, 0.2) is 18.2 Å². The van der Waals surface area contributed by atoms with Gasteiger partial charge in [0.15, 0.2) is 11.5 Å². The minimum Gasteiger partial charge on any atom is -0.461 e. The number of rotatable bonds is 2. The molecule has 1 aliphatic heterocycles. The second-order valence-corrected chi connectivity index (χ2v) is 6.57. The average molecular weight is 350 g/mol. The SMILES string of the molecule is CCOC(=O)c1[nH]c2cc3c([nH]c4cc5c(cc43)OCO5)c(C)c2c1C.